The van der Waals surface area contributed by atoms with Gasteiger partial charge in [0.05, 0.1) is 5.83 Å². The van der Waals surface area contributed by atoms with Crippen molar-refractivity contribution in [2.75, 3.05) is 6.54 Å². The molecule has 0 spiro atoms. The Balaban J connectivity index is 2.78. The lowest BCUT2D eigenvalue weighted by molar-refractivity contribution is 0.433. The third-order valence-electron chi connectivity index (χ3n) is 2.44. The van der Waals surface area contributed by atoms with E-state index >= 15 is 0 Å². The van der Waals surface area contributed by atoms with Crippen molar-refractivity contribution in [2.45, 2.75) is 39.2 Å². The smallest absolute Gasteiger partial charge is 0.102 e. The van der Waals surface area contributed by atoms with Gasteiger partial charge in [0.25, 0.3) is 0 Å². The second-order valence-electron chi connectivity index (χ2n) is 3.72. The molecule has 0 saturated carbocycles. The van der Waals surface area contributed by atoms with Crippen LogP contribution in [-0.2, 0) is 0 Å². The topological polar surface area (TPSA) is 12.0 Å². The third kappa shape index (κ3) is 3.22. The highest BCUT2D eigenvalue weighted by molar-refractivity contribution is 5.28. The van der Waals surface area contributed by atoms with Gasteiger partial charge in [-0.3, -0.25) is 0 Å². The van der Waals surface area contributed by atoms with Gasteiger partial charge in [0.15, 0.2) is 0 Å². The standard InChI is InChI=1S/C11H17F2N/c1-8(12)7-10(9(2)13)11-5-3-4-6-14-11/h7,11,14H,3-6H2,1-2H3. The van der Waals surface area contributed by atoms with Crippen molar-refractivity contribution in [3.05, 3.63) is 23.3 Å². The summed E-state index contributed by atoms with van der Waals surface area (Å²) in [7, 11) is 0. The number of allylic oxidation sites excluding steroid dienone is 2. The van der Waals surface area contributed by atoms with E-state index in [-0.39, 0.29) is 17.7 Å². The lowest BCUT2D eigenvalue weighted by atomic mass is 9.96. The van der Waals surface area contributed by atoms with Crippen LogP contribution in [0.4, 0.5) is 8.78 Å². The summed E-state index contributed by atoms with van der Waals surface area (Å²) in [6, 6.07) is -0.0144. The highest BCUT2D eigenvalue weighted by Gasteiger charge is 2.18. The van der Waals surface area contributed by atoms with Crippen LogP contribution in [0.25, 0.3) is 0 Å². The quantitative estimate of drug-likeness (QED) is 0.676. The normalized spacial score (nSPS) is 26.0. The Morgan fingerprint density at radius 2 is 2.00 bits per heavy atom. The van der Waals surface area contributed by atoms with Crippen LogP contribution in [0.2, 0.25) is 0 Å². The average molecular weight is 201 g/mol. The van der Waals surface area contributed by atoms with Crippen LogP contribution in [0.15, 0.2) is 23.3 Å². The molecule has 0 aromatic rings. The van der Waals surface area contributed by atoms with Gasteiger partial charge in [0.2, 0.25) is 0 Å². The van der Waals surface area contributed by atoms with E-state index < -0.39 is 0 Å². The highest BCUT2D eigenvalue weighted by atomic mass is 19.1. The summed E-state index contributed by atoms with van der Waals surface area (Å²) >= 11 is 0. The number of hydrogen-bond donors (Lipinski definition) is 1. The number of hydrogen-bond acceptors (Lipinski definition) is 1. The molecule has 1 nitrogen and oxygen atoms in total. The summed E-state index contributed by atoms with van der Waals surface area (Å²) in [6.45, 7) is 3.61. The van der Waals surface area contributed by atoms with E-state index in [1.165, 1.54) is 19.9 Å². The molecule has 1 aliphatic heterocycles. The average Bonchev–Trinajstić information content (AvgIpc) is 2.15. The molecule has 0 bridgehead atoms. The molecule has 1 heterocycles. The lowest BCUT2D eigenvalue weighted by Gasteiger charge is -2.24. The van der Waals surface area contributed by atoms with Crippen LogP contribution < -0.4 is 5.32 Å². The minimum atomic E-state index is -0.343. The Morgan fingerprint density at radius 1 is 1.29 bits per heavy atom. The maximum Gasteiger partial charge on any atom is 0.102 e. The summed E-state index contributed by atoms with van der Waals surface area (Å²) in [5.41, 5.74) is 0.463. The number of halogens is 2. The first-order valence-electron chi connectivity index (χ1n) is 5.04. The molecule has 80 valence electrons. The van der Waals surface area contributed by atoms with Crippen molar-refractivity contribution in [1.29, 1.82) is 0 Å². The van der Waals surface area contributed by atoms with E-state index in [4.69, 9.17) is 0 Å². The van der Waals surface area contributed by atoms with Crippen molar-refractivity contribution in [1.82, 2.24) is 5.32 Å². The maximum absolute atomic E-state index is 13.1. The van der Waals surface area contributed by atoms with Crippen LogP contribution in [0, 0.1) is 0 Å². The van der Waals surface area contributed by atoms with Crippen LogP contribution in [0.1, 0.15) is 33.1 Å². The predicted octanol–water partition coefficient (Wildman–Crippen LogP) is 3.25. The van der Waals surface area contributed by atoms with Gasteiger partial charge in [0, 0.05) is 11.6 Å². The van der Waals surface area contributed by atoms with E-state index in [0.717, 1.165) is 25.8 Å². The molecule has 1 atom stereocenters. The summed E-state index contributed by atoms with van der Waals surface area (Å²) in [4.78, 5) is 0. The van der Waals surface area contributed by atoms with Crippen LogP contribution in [-0.4, -0.2) is 12.6 Å². The van der Waals surface area contributed by atoms with Gasteiger partial charge in [-0.1, -0.05) is 6.42 Å². The molecule has 1 unspecified atom stereocenters. The molecule has 1 saturated heterocycles. The first kappa shape index (κ1) is 11.4. The number of piperidine rings is 1. The summed E-state index contributed by atoms with van der Waals surface area (Å²) in [5, 5.41) is 3.20. The van der Waals surface area contributed by atoms with E-state index in [0.29, 0.717) is 5.57 Å². The molecule has 0 aromatic heterocycles. The summed E-state index contributed by atoms with van der Waals surface area (Å²) in [5.74, 6) is -0.634. The lowest BCUT2D eigenvalue weighted by Crippen LogP contribution is -2.35. The monoisotopic (exact) mass is 201 g/mol. The van der Waals surface area contributed by atoms with Gasteiger partial charge < -0.3 is 5.32 Å². The zero-order valence-corrected chi connectivity index (χ0v) is 8.74. The minimum absolute atomic E-state index is 0.0144. The van der Waals surface area contributed by atoms with E-state index in [1.54, 1.807) is 0 Å². The molecular formula is C11H17F2N. The third-order valence-corrected chi connectivity index (χ3v) is 2.44. The second kappa shape index (κ2) is 5.25. The molecule has 0 aromatic carbocycles. The van der Waals surface area contributed by atoms with Gasteiger partial charge in [0.1, 0.15) is 5.83 Å². The molecule has 14 heavy (non-hydrogen) atoms. The Labute approximate surface area is 83.9 Å². The van der Waals surface area contributed by atoms with Gasteiger partial charge in [-0.2, -0.15) is 0 Å². The van der Waals surface area contributed by atoms with E-state index in [9.17, 15) is 8.78 Å². The number of nitrogens with one attached hydrogen (secondary N) is 1. The maximum atomic E-state index is 13.1. The molecular weight excluding hydrogens is 184 g/mol. The Hall–Kier alpha value is -0.700. The van der Waals surface area contributed by atoms with Crippen molar-refractivity contribution < 1.29 is 8.78 Å². The van der Waals surface area contributed by atoms with Gasteiger partial charge in [-0.15, -0.1) is 0 Å². The summed E-state index contributed by atoms with van der Waals surface area (Å²) in [6.07, 6.45) is 4.37. The van der Waals surface area contributed by atoms with E-state index in [1.807, 2.05) is 0 Å². The van der Waals surface area contributed by atoms with Crippen molar-refractivity contribution in [2.24, 2.45) is 0 Å². The van der Waals surface area contributed by atoms with Gasteiger partial charge in [-0.05, 0) is 39.3 Å². The van der Waals surface area contributed by atoms with Crippen molar-refractivity contribution in [3.8, 4) is 0 Å². The molecule has 1 fully saturated rings. The second-order valence-corrected chi connectivity index (χ2v) is 3.72. The van der Waals surface area contributed by atoms with E-state index in [2.05, 4.69) is 5.32 Å². The zero-order valence-electron chi connectivity index (χ0n) is 8.74. The van der Waals surface area contributed by atoms with Crippen LogP contribution >= 0.6 is 0 Å². The predicted molar refractivity (Wildman–Crippen MR) is 54.3 cm³/mol. The molecule has 1 N–H and O–H groups in total. The zero-order chi connectivity index (χ0) is 10.6. The number of rotatable bonds is 2. The highest BCUT2D eigenvalue weighted by Crippen LogP contribution is 2.21. The van der Waals surface area contributed by atoms with Gasteiger partial charge in [-0.25, -0.2) is 8.78 Å². The molecule has 3 heteroatoms. The molecule has 0 aliphatic carbocycles. The summed E-state index contributed by atoms with van der Waals surface area (Å²) < 4.78 is 25.8. The Bertz CT molecular complexity index is 242. The van der Waals surface area contributed by atoms with Crippen LogP contribution in [0.3, 0.4) is 0 Å². The largest absolute Gasteiger partial charge is 0.310 e. The van der Waals surface area contributed by atoms with Crippen molar-refractivity contribution >= 4 is 0 Å². The Morgan fingerprint density at radius 3 is 2.43 bits per heavy atom. The van der Waals surface area contributed by atoms with Crippen LogP contribution in [0.5, 0.6) is 0 Å². The molecule has 0 radical (unpaired) electrons. The fourth-order valence-corrected chi connectivity index (χ4v) is 1.77. The fourth-order valence-electron chi connectivity index (χ4n) is 1.77. The first-order chi connectivity index (χ1) is 6.61. The Kier molecular flexibility index (Phi) is 4.26. The SMILES string of the molecule is CC(F)=CC(=C(C)F)C1CCCCN1. The minimum Gasteiger partial charge on any atom is -0.310 e. The molecule has 1 aliphatic rings. The fraction of sp³-hybridized carbons (Fsp3) is 0.636. The van der Waals surface area contributed by atoms with Gasteiger partial charge >= 0.3 is 0 Å². The van der Waals surface area contributed by atoms with Crippen molar-refractivity contribution in [3.63, 3.8) is 0 Å². The molecule has 1 rings (SSSR count). The molecule has 0 amide bonds. The first-order valence-corrected chi connectivity index (χ1v) is 5.04.